The van der Waals surface area contributed by atoms with E-state index in [1.54, 1.807) is 12.1 Å². The highest BCUT2D eigenvalue weighted by atomic mass is 32.2. The van der Waals surface area contributed by atoms with E-state index in [4.69, 9.17) is 5.73 Å². The number of sulfonamides is 1. The van der Waals surface area contributed by atoms with Gasteiger partial charge >= 0.3 is 0 Å². The number of benzene rings is 1. The summed E-state index contributed by atoms with van der Waals surface area (Å²) in [5.74, 6) is 0.724. The van der Waals surface area contributed by atoms with E-state index < -0.39 is 10.0 Å². The zero-order valence-electron chi connectivity index (χ0n) is 12.2. The Balaban J connectivity index is 2.11. The van der Waals surface area contributed by atoms with Crippen molar-refractivity contribution in [2.45, 2.75) is 24.2 Å². The third-order valence-corrected chi connectivity index (χ3v) is 5.62. The van der Waals surface area contributed by atoms with Crippen molar-refractivity contribution >= 4 is 21.4 Å². The summed E-state index contributed by atoms with van der Waals surface area (Å²) in [5, 5.41) is 12.6. The first-order valence-electron chi connectivity index (χ1n) is 7.15. The summed E-state index contributed by atoms with van der Waals surface area (Å²) in [5.41, 5.74) is 7.04. The molecule has 1 aromatic rings. The van der Waals surface area contributed by atoms with Gasteiger partial charge in [-0.15, -0.1) is 0 Å². The van der Waals surface area contributed by atoms with Gasteiger partial charge in [0.2, 0.25) is 10.0 Å². The van der Waals surface area contributed by atoms with Crippen LogP contribution in [-0.4, -0.2) is 33.7 Å². The molecule has 0 saturated heterocycles. The predicted octanol–water partition coefficient (Wildman–Crippen LogP) is 0.997. The van der Waals surface area contributed by atoms with Crippen LogP contribution in [0.4, 0.5) is 11.4 Å². The summed E-state index contributed by atoms with van der Waals surface area (Å²) in [6.45, 7) is 0.897. The third-order valence-electron chi connectivity index (χ3n) is 4.21. The molecule has 118 valence electrons. The van der Waals surface area contributed by atoms with E-state index in [1.807, 2.05) is 0 Å². The second-order valence-corrected chi connectivity index (χ2v) is 7.36. The average Bonchev–Trinajstić information content (AvgIpc) is 2.93. The van der Waals surface area contributed by atoms with Crippen molar-refractivity contribution in [3.8, 4) is 0 Å². The third kappa shape index (κ3) is 3.66. The van der Waals surface area contributed by atoms with E-state index in [0.717, 1.165) is 19.3 Å². The van der Waals surface area contributed by atoms with E-state index in [-0.39, 0.29) is 11.5 Å². The summed E-state index contributed by atoms with van der Waals surface area (Å²) in [7, 11) is -2.10. The van der Waals surface area contributed by atoms with Gasteiger partial charge in [-0.1, -0.05) is 6.42 Å². The molecule has 1 aliphatic carbocycles. The Hall–Kier alpha value is -1.31. The number of rotatable bonds is 6. The van der Waals surface area contributed by atoms with Crippen LogP contribution in [0, 0.1) is 11.8 Å². The van der Waals surface area contributed by atoms with Crippen molar-refractivity contribution in [1.82, 2.24) is 4.72 Å². The molecular formula is C14H23N3O3S. The number of nitrogen functional groups attached to an aromatic ring is 1. The summed E-state index contributed by atoms with van der Waals surface area (Å²) in [4.78, 5) is 0.187. The van der Waals surface area contributed by atoms with Gasteiger partial charge in [0.1, 0.15) is 0 Å². The fourth-order valence-corrected chi connectivity index (χ4v) is 3.59. The normalized spacial score (nSPS) is 22.4. The van der Waals surface area contributed by atoms with Gasteiger partial charge in [-0.3, -0.25) is 0 Å². The molecule has 1 aliphatic rings. The largest absolute Gasteiger partial charge is 0.397 e. The number of aliphatic hydroxyl groups is 1. The molecule has 0 spiro atoms. The maximum atomic E-state index is 11.8. The molecule has 0 amide bonds. The number of nitrogens with two attached hydrogens (primary N) is 1. The quantitative estimate of drug-likeness (QED) is 0.586. The molecule has 0 aromatic heterocycles. The van der Waals surface area contributed by atoms with Gasteiger partial charge in [0.25, 0.3) is 0 Å². The SMILES string of the molecule is CNS(=O)(=O)c1ccc(N)c(NCC2CCCC2CO)c1. The Labute approximate surface area is 125 Å². The highest BCUT2D eigenvalue weighted by molar-refractivity contribution is 7.89. The zero-order chi connectivity index (χ0) is 15.5. The highest BCUT2D eigenvalue weighted by Gasteiger charge is 2.26. The average molecular weight is 313 g/mol. The number of hydrogen-bond acceptors (Lipinski definition) is 5. The minimum atomic E-state index is -3.48. The Morgan fingerprint density at radius 1 is 1.33 bits per heavy atom. The Kier molecular flexibility index (Phi) is 5.08. The lowest BCUT2D eigenvalue weighted by molar-refractivity contribution is 0.199. The molecule has 0 aliphatic heterocycles. The second-order valence-electron chi connectivity index (χ2n) is 5.47. The summed E-state index contributed by atoms with van der Waals surface area (Å²) in [6, 6.07) is 4.62. The Bertz CT molecular complexity index is 589. The number of hydrogen-bond donors (Lipinski definition) is 4. The molecule has 0 heterocycles. The summed E-state index contributed by atoms with van der Waals surface area (Å²) in [6.07, 6.45) is 3.25. The second kappa shape index (κ2) is 6.64. The first-order valence-corrected chi connectivity index (χ1v) is 8.64. The van der Waals surface area contributed by atoms with Crippen LogP contribution in [0.15, 0.2) is 23.1 Å². The van der Waals surface area contributed by atoms with Crippen LogP contribution >= 0.6 is 0 Å². The van der Waals surface area contributed by atoms with Crippen LogP contribution < -0.4 is 15.8 Å². The lowest BCUT2D eigenvalue weighted by atomic mass is 9.97. The molecule has 2 atom stereocenters. The lowest BCUT2D eigenvalue weighted by Crippen LogP contribution is -2.22. The van der Waals surface area contributed by atoms with Gasteiger partial charge in [0, 0.05) is 13.2 Å². The topological polar surface area (TPSA) is 104 Å². The Morgan fingerprint density at radius 2 is 2.05 bits per heavy atom. The van der Waals surface area contributed by atoms with E-state index >= 15 is 0 Å². The van der Waals surface area contributed by atoms with Gasteiger partial charge in [0.05, 0.1) is 16.3 Å². The van der Waals surface area contributed by atoms with Crippen molar-refractivity contribution in [3.05, 3.63) is 18.2 Å². The molecule has 1 saturated carbocycles. The maximum Gasteiger partial charge on any atom is 0.240 e. The van der Waals surface area contributed by atoms with Crippen molar-refractivity contribution in [2.75, 3.05) is 31.2 Å². The highest BCUT2D eigenvalue weighted by Crippen LogP contribution is 2.32. The molecule has 1 aromatic carbocycles. The van der Waals surface area contributed by atoms with Gasteiger partial charge in [0.15, 0.2) is 0 Å². The molecule has 2 rings (SSSR count). The zero-order valence-corrected chi connectivity index (χ0v) is 13.0. The van der Waals surface area contributed by atoms with Gasteiger partial charge < -0.3 is 16.2 Å². The molecule has 5 N–H and O–H groups in total. The molecule has 0 radical (unpaired) electrons. The van der Waals surface area contributed by atoms with Crippen LogP contribution in [0.3, 0.4) is 0 Å². The van der Waals surface area contributed by atoms with E-state index in [1.165, 1.54) is 13.1 Å². The van der Waals surface area contributed by atoms with Crippen molar-refractivity contribution < 1.29 is 13.5 Å². The molecule has 6 nitrogen and oxygen atoms in total. The molecule has 21 heavy (non-hydrogen) atoms. The fourth-order valence-electron chi connectivity index (χ4n) is 2.84. The minimum Gasteiger partial charge on any atom is -0.397 e. The van der Waals surface area contributed by atoms with Crippen molar-refractivity contribution in [2.24, 2.45) is 11.8 Å². The first-order chi connectivity index (χ1) is 9.97. The maximum absolute atomic E-state index is 11.8. The minimum absolute atomic E-state index is 0.187. The van der Waals surface area contributed by atoms with Gasteiger partial charge in [-0.05, 0) is 49.9 Å². The van der Waals surface area contributed by atoms with Crippen molar-refractivity contribution in [1.29, 1.82) is 0 Å². The van der Waals surface area contributed by atoms with Crippen molar-refractivity contribution in [3.63, 3.8) is 0 Å². The smallest absolute Gasteiger partial charge is 0.240 e. The molecule has 0 bridgehead atoms. The number of nitrogens with one attached hydrogen (secondary N) is 2. The number of aliphatic hydroxyl groups excluding tert-OH is 1. The lowest BCUT2D eigenvalue weighted by Gasteiger charge is -2.19. The standard InChI is InChI=1S/C14H23N3O3S/c1-16-21(19,20)12-5-6-13(15)14(7-12)17-8-10-3-2-4-11(10)9-18/h5-7,10-11,16-18H,2-4,8-9,15H2,1H3. The van der Waals surface area contributed by atoms with E-state index in [0.29, 0.717) is 29.8 Å². The van der Waals surface area contributed by atoms with Gasteiger partial charge in [-0.25, -0.2) is 13.1 Å². The van der Waals surface area contributed by atoms with Crippen LogP contribution in [0.2, 0.25) is 0 Å². The summed E-state index contributed by atoms with van der Waals surface area (Å²) >= 11 is 0. The molecular weight excluding hydrogens is 290 g/mol. The molecule has 2 unspecified atom stereocenters. The van der Waals surface area contributed by atoms with Gasteiger partial charge in [-0.2, -0.15) is 0 Å². The molecule has 1 fully saturated rings. The van der Waals surface area contributed by atoms with Crippen LogP contribution in [0.25, 0.3) is 0 Å². The Morgan fingerprint density at radius 3 is 2.71 bits per heavy atom. The summed E-state index contributed by atoms with van der Waals surface area (Å²) < 4.78 is 25.9. The van der Waals surface area contributed by atoms with Crippen LogP contribution in [0.5, 0.6) is 0 Å². The van der Waals surface area contributed by atoms with E-state index in [2.05, 4.69) is 10.0 Å². The fraction of sp³-hybridized carbons (Fsp3) is 0.571. The monoisotopic (exact) mass is 313 g/mol. The van der Waals surface area contributed by atoms with E-state index in [9.17, 15) is 13.5 Å². The molecule has 7 heteroatoms. The van der Waals surface area contributed by atoms with Crippen LogP contribution in [0.1, 0.15) is 19.3 Å². The predicted molar refractivity (Wildman–Crippen MR) is 83.5 cm³/mol. The van der Waals surface area contributed by atoms with Crippen LogP contribution in [-0.2, 0) is 10.0 Å². The number of anilines is 2. The first kappa shape index (κ1) is 16.1.